The van der Waals surface area contributed by atoms with Crippen molar-refractivity contribution in [2.45, 2.75) is 38.0 Å². The van der Waals surface area contributed by atoms with Crippen molar-refractivity contribution in [1.82, 2.24) is 4.90 Å². The molecule has 0 saturated carbocycles. The normalized spacial score (nSPS) is 20.7. The summed E-state index contributed by atoms with van der Waals surface area (Å²) in [5, 5.41) is -0.163. The maximum absolute atomic E-state index is 11.9. The van der Waals surface area contributed by atoms with Gasteiger partial charge in [-0.2, -0.15) is 12.6 Å². The fraction of sp³-hybridized carbons (Fsp3) is 0.909. The van der Waals surface area contributed by atoms with Crippen LogP contribution in [0, 0.1) is 5.92 Å². The zero-order valence-electron chi connectivity index (χ0n) is 9.77. The highest BCUT2D eigenvalue weighted by Crippen LogP contribution is 2.18. The van der Waals surface area contributed by atoms with E-state index in [1.54, 1.807) is 7.11 Å². The van der Waals surface area contributed by atoms with Crippen molar-refractivity contribution < 1.29 is 9.53 Å². The molecule has 1 fully saturated rings. The van der Waals surface area contributed by atoms with Crippen LogP contribution >= 0.6 is 12.6 Å². The molecule has 1 unspecified atom stereocenters. The number of piperidine rings is 1. The highest BCUT2D eigenvalue weighted by Gasteiger charge is 2.27. The number of rotatable bonds is 3. The minimum absolute atomic E-state index is 0.163. The van der Waals surface area contributed by atoms with Crippen LogP contribution in [0.15, 0.2) is 0 Å². The van der Waals surface area contributed by atoms with Crippen LogP contribution in [0.3, 0.4) is 0 Å². The van der Waals surface area contributed by atoms with E-state index in [2.05, 4.69) is 12.6 Å². The Kier molecular flexibility index (Phi) is 4.93. The molecule has 0 spiro atoms. The Labute approximate surface area is 97.6 Å². The molecule has 0 radical (unpaired) electrons. The summed E-state index contributed by atoms with van der Waals surface area (Å²) in [6.45, 7) is 5.66. The van der Waals surface area contributed by atoms with Crippen LogP contribution in [0.4, 0.5) is 0 Å². The van der Waals surface area contributed by atoms with Gasteiger partial charge in [0, 0.05) is 20.2 Å². The SMILES string of the molecule is COC1CCN(C(=O)C(S)C(C)C)CC1. The lowest BCUT2D eigenvalue weighted by Gasteiger charge is -2.33. The van der Waals surface area contributed by atoms with E-state index in [9.17, 15) is 4.79 Å². The van der Waals surface area contributed by atoms with E-state index in [1.165, 1.54) is 0 Å². The number of ether oxygens (including phenoxy) is 1. The van der Waals surface area contributed by atoms with Crippen LogP contribution in [0.2, 0.25) is 0 Å². The fourth-order valence-corrected chi connectivity index (χ4v) is 1.95. The summed E-state index contributed by atoms with van der Waals surface area (Å²) >= 11 is 4.35. The molecule has 0 aromatic rings. The lowest BCUT2D eigenvalue weighted by molar-refractivity contribution is -0.133. The van der Waals surface area contributed by atoms with Crippen molar-refractivity contribution in [2.75, 3.05) is 20.2 Å². The molecule has 15 heavy (non-hydrogen) atoms. The van der Waals surface area contributed by atoms with Gasteiger partial charge in [-0.05, 0) is 18.8 Å². The van der Waals surface area contributed by atoms with E-state index in [0.717, 1.165) is 25.9 Å². The summed E-state index contributed by atoms with van der Waals surface area (Å²) in [4.78, 5) is 13.9. The van der Waals surface area contributed by atoms with Gasteiger partial charge in [0.15, 0.2) is 0 Å². The van der Waals surface area contributed by atoms with Crippen molar-refractivity contribution in [3.63, 3.8) is 0 Å². The Bertz CT molecular complexity index is 213. The number of methoxy groups -OCH3 is 1. The van der Waals surface area contributed by atoms with Gasteiger partial charge in [0.25, 0.3) is 0 Å². The third-order valence-electron chi connectivity index (χ3n) is 2.97. The van der Waals surface area contributed by atoms with Crippen molar-refractivity contribution in [3.05, 3.63) is 0 Å². The maximum Gasteiger partial charge on any atom is 0.235 e. The van der Waals surface area contributed by atoms with E-state index in [4.69, 9.17) is 4.74 Å². The number of nitrogens with zero attached hydrogens (tertiary/aromatic N) is 1. The summed E-state index contributed by atoms with van der Waals surface area (Å²) in [5.41, 5.74) is 0. The van der Waals surface area contributed by atoms with Crippen LogP contribution in [0.25, 0.3) is 0 Å². The van der Waals surface area contributed by atoms with E-state index in [1.807, 2.05) is 18.7 Å². The first kappa shape index (κ1) is 12.8. The molecule has 0 N–H and O–H groups in total. The van der Waals surface area contributed by atoms with Crippen molar-refractivity contribution >= 4 is 18.5 Å². The predicted molar refractivity (Wildman–Crippen MR) is 64.2 cm³/mol. The monoisotopic (exact) mass is 231 g/mol. The van der Waals surface area contributed by atoms with E-state index >= 15 is 0 Å². The molecule has 4 heteroatoms. The molecular formula is C11H21NO2S. The molecule has 1 aliphatic heterocycles. The number of carbonyl (C=O) groups is 1. The average molecular weight is 231 g/mol. The van der Waals surface area contributed by atoms with Gasteiger partial charge >= 0.3 is 0 Å². The van der Waals surface area contributed by atoms with Gasteiger partial charge in [0.2, 0.25) is 5.91 Å². The van der Waals surface area contributed by atoms with Crippen LogP contribution < -0.4 is 0 Å². The first-order valence-corrected chi connectivity index (χ1v) is 6.07. The second-order valence-electron chi connectivity index (χ2n) is 4.45. The highest BCUT2D eigenvalue weighted by atomic mass is 32.1. The van der Waals surface area contributed by atoms with E-state index in [-0.39, 0.29) is 11.2 Å². The zero-order chi connectivity index (χ0) is 11.4. The predicted octanol–water partition coefficient (Wildman–Crippen LogP) is 1.58. The number of hydrogen-bond donors (Lipinski definition) is 1. The molecule has 1 heterocycles. The van der Waals surface area contributed by atoms with Gasteiger partial charge in [-0.3, -0.25) is 4.79 Å². The number of likely N-dealkylation sites (tertiary alicyclic amines) is 1. The zero-order valence-corrected chi connectivity index (χ0v) is 10.7. The molecule has 0 aliphatic carbocycles. The van der Waals surface area contributed by atoms with E-state index in [0.29, 0.717) is 12.0 Å². The Morgan fingerprint density at radius 2 is 1.93 bits per heavy atom. The van der Waals surface area contributed by atoms with Crippen LogP contribution in [0.1, 0.15) is 26.7 Å². The van der Waals surface area contributed by atoms with Crippen LogP contribution in [-0.2, 0) is 9.53 Å². The standard InChI is InChI=1S/C11H21NO2S/c1-8(2)10(15)11(13)12-6-4-9(14-3)5-7-12/h8-10,15H,4-7H2,1-3H3. The lowest BCUT2D eigenvalue weighted by atomic mass is 10.0. The molecule has 1 saturated heterocycles. The second-order valence-corrected chi connectivity index (χ2v) is 5.01. The Morgan fingerprint density at radius 1 is 1.40 bits per heavy atom. The van der Waals surface area contributed by atoms with E-state index < -0.39 is 0 Å². The summed E-state index contributed by atoms with van der Waals surface area (Å²) < 4.78 is 5.27. The van der Waals surface area contributed by atoms with Gasteiger partial charge in [-0.25, -0.2) is 0 Å². The average Bonchev–Trinajstić information content (AvgIpc) is 2.27. The van der Waals surface area contributed by atoms with Gasteiger partial charge in [-0.15, -0.1) is 0 Å². The van der Waals surface area contributed by atoms with Gasteiger partial charge in [0.1, 0.15) is 0 Å². The molecular weight excluding hydrogens is 210 g/mol. The third kappa shape index (κ3) is 3.38. The van der Waals surface area contributed by atoms with Crippen molar-refractivity contribution in [1.29, 1.82) is 0 Å². The van der Waals surface area contributed by atoms with Crippen molar-refractivity contribution in [2.24, 2.45) is 5.92 Å². The molecule has 0 aromatic carbocycles. The molecule has 1 aliphatic rings. The van der Waals surface area contributed by atoms with Crippen LogP contribution in [0.5, 0.6) is 0 Å². The number of thiol groups is 1. The van der Waals surface area contributed by atoms with Gasteiger partial charge < -0.3 is 9.64 Å². The highest BCUT2D eigenvalue weighted by molar-refractivity contribution is 7.81. The van der Waals surface area contributed by atoms with Gasteiger partial charge in [0.05, 0.1) is 11.4 Å². The third-order valence-corrected chi connectivity index (χ3v) is 3.79. The molecule has 1 atom stereocenters. The molecule has 1 amide bonds. The quantitative estimate of drug-likeness (QED) is 0.747. The Balaban J connectivity index is 2.42. The molecule has 0 aromatic heterocycles. The molecule has 88 valence electrons. The molecule has 0 bridgehead atoms. The second kappa shape index (κ2) is 5.75. The fourth-order valence-electron chi connectivity index (χ4n) is 1.78. The van der Waals surface area contributed by atoms with Crippen molar-refractivity contribution in [3.8, 4) is 0 Å². The largest absolute Gasteiger partial charge is 0.381 e. The minimum atomic E-state index is -0.163. The molecule has 3 nitrogen and oxygen atoms in total. The molecule has 1 rings (SSSR count). The summed E-state index contributed by atoms with van der Waals surface area (Å²) in [6.07, 6.45) is 2.22. The van der Waals surface area contributed by atoms with Gasteiger partial charge in [-0.1, -0.05) is 13.8 Å². The Morgan fingerprint density at radius 3 is 2.33 bits per heavy atom. The summed E-state index contributed by atoms with van der Waals surface area (Å²) in [6, 6.07) is 0. The lowest BCUT2D eigenvalue weighted by Crippen LogP contribution is -2.45. The number of amides is 1. The number of carbonyl (C=O) groups excluding carboxylic acids is 1. The van der Waals surface area contributed by atoms with Crippen LogP contribution in [-0.4, -0.2) is 42.4 Å². The number of hydrogen-bond acceptors (Lipinski definition) is 3. The minimum Gasteiger partial charge on any atom is -0.381 e. The smallest absolute Gasteiger partial charge is 0.235 e. The maximum atomic E-state index is 11.9. The first-order chi connectivity index (χ1) is 7.06. The summed E-state index contributed by atoms with van der Waals surface area (Å²) in [7, 11) is 1.73. The topological polar surface area (TPSA) is 29.5 Å². The first-order valence-electron chi connectivity index (χ1n) is 5.56. The Hall–Kier alpha value is -0.220. The summed E-state index contributed by atoms with van der Waals surface area (Å²) in [5.74, 6) is 0.462.